The zero-order valence-corrected chi connectivity index (χ0v) is 13.2. The van der Waals surface area contributed by atoms with Gasteiger partial charge in [0.2, 0.25) is 0 Å². The van der Waals surface area contributed by atoms with Crippen molar-refractivity contribution in [1.82, 2.24) is 10.5 Å². The van der Waals surface area contributed by atoms with Crippen molar-refractivity contribution >= 4 is 0 Å². The first-order valence-electron chi connectivity index (χ1n) is 7.68. The number of rotatable bonds is 7. The van der Waals surface area contributed by atoms with Crippen LogP contribution in [0.3, 0.4) is 0 Å². The van der Waals surface area contributed by atoms with Crippen LogP contribution in [0.4, 0.5) is 0 Å². The second-order valence-corrected chi connectivity index (χ2v) is 5.46. The van der Waals surface area contributed by atoms with Gasteiger partial charge in [0.25, 0.3) is 0 Å². The van der Waals surface area contributed by atoms with Gasteiger partial charge in [-0.1, -0.05) is 47.6 Å². The summed E-state index contributed by atoms with van der Waals surface area (Å²) in [6.45, 7) is 3.95. The Balaban J connectivity index is 1.45. The Morgan fingerprint density at radius 2 is 1.74 bits per heavy atom. The first-order chi connectivity index (χ1) is 11.3. The Morgan fingerprint density at radius 1 is 0.957 bits per heavy atom. The number of benzene rings is 2. The standard InChI is InChI=1S/C19H20N2O2/c1-15-11-19(23-21-15)13-20-12-16-7-9-18(10-8-16)22-14-17-5-3-2-4-6-17/h2-11,20H,12-14H2,1H3. The molecule has 0 saturated carbocycles. The first kappa shape index (κ1) is 15.3. The van der Waals surface area contributed by atoms with Gasteiger partial charge in [-0.2, -0.15) is 0 Å². The molecule has 23 heavy (non-hydrogen) atoms. The smallest absolute Gasteiger partial charge is 0.150 e. The van der Waals surface area contributed by atoms with Crippen molar-refractivity contribution in [1.29, 1.82) is 0 Å². The molecule has 118 valence electrons. The highest BCUT2D eigenvalue weighted by molar-refractivity contribution is 5.27. The third kappa shape index (κ3) is 4.69. The number of ether oxygens (including phenoxy) is 1. The second kappa shape index (κ2) is 7.61. The van der Waals surface area contributed by atoms with Gasteiger partial charge in [-0.3, -0.25) is 0 Å². The van der Waals surface area contributed by atoms with Gasteiger partial charge in [-0.25, -0.2) is 0 Å². The van der Waals surface area contributed by atoms with Crippen molar-refractivity contribution in [2.24, 2.45) is 0 Å². The molecule has 1 aromatic heterocycles. The maximum atomic E-state index is 5.78. The van der Waals surface area contributed by atoms with Crippen LogP contribution in [0.15, 0.2) is 65.2 Å². The van der Waals surface area contributed by atoms with Crippen molar-refractivity contribution < 1.29 is 9.26 Å². The van der Waals surface area contributed by atoms with Crippen LogP contribution in [0.2, 0.25) is 0 Å². The molecule has 1 N–H and O–H groups in total. The average molecular weight is 308 g/mol. The molecule has 1 heterocycles. The van der Waals surface area contributed by atoms with Crippen LogP contribution in [-0.2, 0) is 19.7 Å². The maximum Gasteiger partial charge on any atom is 0.150 e. The minimum absolute atomic E-state index is 0.587. The summed E-state index contributed by atoms with van der Waals surface area (Å²) >= 11 is 0. The summed E-state index contributed by atoms with van der Waals surface area (Å²) in [6.07, 6.45) is 0. The minimum atomic E-state index is 0.587. The fourth-order valence-corrected chi connectivity index (χ4v) is 2.27. The Labute approximate surface area is 136 Å². The molecule has 0 saturated heterocycles. The lowest BCUT2D eigenvalue weighted by atomic mass is 10.2. The highest BCUT2D eigenvalue weighted by Gasteiger charge is 2.01. The van der Waals surface area contributed by atoms with E-state index in [9.17, 15) is 0 Å². The van der Waals surface area contributed by atoms with E-state index in [0.717, 1.165) is 23.7 Å². The molecule has 0 fully saturated rings. The third-order valence-electron chi connectivity index (χ3n) is 3.48. The van der Waals surface area contributed by atoms with Gasteiger partial charge in [-0.05, 0) is 30.2 Å². The van der Waals surface area contributed by atoms with Crippen LogP contribution >= 0.6 is 0 Å². The molecular formula is C19H20N2O2. The van der Waals surface area contributed by atoms with E-state index in [1.54, 1.807) is 0 Å². The predicted octanol–water partition coefficient (Wildman–Crippen LogP) is 3.85. The highest BCUT2D eigenvalue weighted by atomic mass is 16.5. The van der Waals surface area contributed by atoms with Gasteiger partial charge < -0.3 is 14.6 Å². The molecule has 0 bridgehead atoms. The van der Waals surface area contributed by atoms with Crippen molar-refractivity contribution in [3.63, 3.8) is 0 Å². The van der Waals surface area contributed by atoms with Gasteiger partial charge in [-0.15, -0.1) is 0 Å². The SMILES string of the molecule is Cc1cc(CNCc2ccc(OCc3ccccc3)cc2)on1. The number of hydrogen-bond donors (Lipinski definition) is 1. The number of hydrogen-bond acceptors (Lipinski definition) is 4. The molecule has 4 heteroatoms. The lowest BCUT2D eigenvalue weighted by molar-refractivity contribution is 0.306. The van der Waals surface area contributed by atoms with Crippen LogP contribution in [0, 0.1) is 6.92 Å². The molecule has 2 aromatic carbocycles. The largest absolute Gasteiger partial charge is 0.489 e. The van der Waals surface area contributed by atoms with Crippen LogP contribution < -0.4 is 10.1 Å². The van der Waals surface area contributed by atoms with Gasteiger partial charge in [0, 0.05) is 12.6 Å². The van der Waals surface area contributed by atoms with Gasteiger partial charge in [0.05, 0.1) is 12.2 Å². The first-order valence-corrected chi connectivity index (χ1v) is 7.68. The lowest BCUT2D eigenvalue weighted by Gasteiger charge is -2.08. The number of nitrogens with one attached hydrogen (secondary N) is 1. The fourth-order valence-electron chi connectivity index (χ4n) is 2.27. The summed E-state index contributed by atoms with van der Waals surface area (Å²) in [4.78, 5) is 0. The second-order valence-electron chi connectivity index (χ2n) is 5.46. The molecule has 3 aromatic rings. The number of aromatic nitrogens is 1. The van der Waals surface area contributed by atoms with E-state index in [-0.39, 0.29) is 0 Å². The topological polar surface area (TPSA) is 47.3 Å². The van der Waals surface area contributed by atoms with E-state index in [0.29, 0.717) is 13.2 Å². The number of nitrogens with zero attached hydrogens (tertiary/aromatic N) is 1. The Kier molecular flexibility index (Phi) is 5.06. The summed E-state index contributed by atoms with van der Waals surface area (Å²) in [5.74, 6) is 1.73. The lowest BCUT2D eigenvalue weighted by Crippen LogP contribution is -2.12. The van der Waals surface area contributed by atoms with Gasteiger partial charge >= 0.3 is 0 Å². The zero-order valence-electron chi connectivity index (χ0n) is 13.2. The molecule has 0 aliphatic carbocycles. The Hall–Kier alpha value is -2.59. The van der Waals surface area contributed by atoms with E-state index in [4.69, 9.17) is 9.26 Å². The summed E-state index contributed by atoms with van der Waals surface area (Å²) in [5.41, 5.74) is 3.27. The summed E-state index contributed by atoms with van der Waals surface area (Å²) < 4.78 is 10.9. The van der Waals surface area contributed by atoms with Crippen molar-refractivity contribution in [3.05, 3.63) is 83.2 Å². The molecular weight excluding hydrogens is 288 g/mol. The quantitative estimate of drug-likeness (QED) is 0.720. The molecule has 0 atom stereocenters. The molecule has 3 rings (SSSR count). The molecule has 0 spiro atoms. The Morgan fingerprint density at radius 3 is 2.43 bits per heavy atom. The Bertz CT molecular complexity index is 721. The predicted molar refractivity (Wildman–Crippen MR) is 89.0 cm³/mol. The fraction of sp³-hybridized carbons (Fsp3) is 0.211. The monoisotopic (exact) mass is 308 g/mol. The third-order valence-corrected chi connectivity index (χ3v) is 3.48. The molecule has 4 nitrogen and oxygen atoms in total. The van der Waals surface area contributed by atoms with Crippen molar-refractivity contribution in [2.45, 2.75) is 26.6 Å². The van der Waals surface area contributed by atoms with Gasteiger partial charge in [0.1, 0.15) is 12.4 Å². The molecule has 0 aliphatic heterocycles. The van der Waals surface area contributed by atoms with Crippen LogP contribution in [-0.4, -0.2) is 5.16 Å². The molecule has 0 amide bonds. The molecule has 0 unspecified atom stereocenters. The average Bonchev–Trinajstić information content (AvgIpc) is 3.00. The van der Waals surface area contributed by atoms with Crippen molar-refractivity contribution in [2.75, 3.05) is 0 Å². The summed E-state index contributed by atoms with van der Waals surface area (Å²) in [6, 6.07) is 20.2. The van der Waals surface area contributed by atoms with Crippen LogP contribution in [0.25, 0.3) is 0 Å². The number of aryl methyl sites for hydroxylation is 1. The summed E-state index contributed by atoms with van der Waals surface area (Å²) in [7, 11) is 0. The summed E-state index contributed by atoms with van der Waals surface area (Å²) in [5, 5.41) is 7.20. The minimum Gasteiger partial charge on any atom is -0.489 e. The van der Waals surface area contributed by atoms with Crippen LogP contribution in [0.1, 0.15) is 22.6 Å². The van der Waals surface area contributed by atoms with E-state index < -0.39 is 0 Å². The van der Waals surface area contributed by atoms with Gasteiger partial charge in [0.15, 0.2) is 5.76 Å². The van der Waals surface area contributed by atoms with E-state index in [1.165, 1.54) is 11.1 Å². The van der Waals surface area contributed by atoms with Crippen LogP contribution in [0.5, 0.6) is 5.75 Å². The zero-order chi connectivity index (χ0) is 15.9. The normalized spacial score (nSPS) is 10.7. The van der Waals surface area contributed by atoms with E-state index >= 15 is 0 Å². The molecule has 0 radical (unpaired) electrons. The van der Waals surface area contributed by atoms with E-state index in [1.807, 2.05) is 43.3 Å². The maximum absolute atomic E-state index is 5.78. The highest BCUT2D eigenvalue weighted by Crippen LogP contribution is 2.14. The van der Waals surface area contributed by atoms with E-state index in [2.05, 4.69) is 34.7 Å². The van der Waals surface area contributed by atoms with Crippen molar-refractivity contribution in [3.8, 4) is 5.75 Å². The molecule has 0 aliphatic rings.